The Hall–Kier alpha value is -3.16. The highest BCUT2D eigenvalue weighted by Gasteiger charge is 2.14. The fraction of sp³-hybridized carbons (Fsp3) is 0.368. The van der Waals surface area contributed by atoms with Crippen molar-refractivity contribution in [2.75, 3.05) is 0 Å². The Kier molecular flexibility index (Phi) is 4.86. The predicted octanol–water partition coefficient (Wildman–Crippen LogP) is 2.49. The number of ether oxygens (including phenoxy) is 1. The predicted molar refractivity (Wildman–Crippen MR) is 96.2 cm³/mol. The number of hydrogen-bond acceptors (Lipinski definition) is 6. The number of rotatable bonds is 6. The van der Waals surface area contributed by atoms with Crippen molar-refractivity contribution in [3.63, 3.8) is 0 Å². The molecule has 0 unspecified atom stereocenters. The van der Waals surface area contributed by atoms with Crippen molar-refractivity contribution in [2.24, 2.45) is 0 Å². The van der Waals surface area contributed by atoms with Crippen molar-refractivity contribution in [1.82, 2.24) is 25.7 Å². The highest BCUT2D eigenvalue weighted by molar-refractivity contribution is 5.92. The molecule has 140 valence electrons. The van der Waals surface area contributed by atoms with Crippen LogP contribution < -0.4 is 10.1 Å². The van der Waals surface area contributed by atoms with Crippen LogP contribution in [-0.4, -0.2) is 26.2 Å². The third-order valence-electron chi connectivity index (χ3n) is 4.54. The number of nitrogens with one attached hydrogen (secondary N) is 2. The molecule has 0 aliphatic heterocycles. The Balaban J connectivity index is 1.32. The van der Waals surface area contributed by atoms with Crippen LogP contribution in [0.25, 0.3) is 0 Å². The fourth-order valence-corrected chi connectivity index (χ4v) is 3.16. The first-order valence-electron chi connectivity index (χ1n) is 9.03. The van der Waals surface area contributed by atoms with E-state index in [1.807, 2.05) is 6.07 Å². The summed E-state index contributed by atoms with van der Waals surface area (Å²) in [6.07, 6.45) is 4.73. The molecule has 2 aromatic heterocycles. The van der Waals surface area contributed by atoms with Gasteiger partial charge in [0.25, 0.3) is 5.91 Å². The van der Waals surface area contributed by atoms with E-state index in [0.717, 1.165) is 18.6 Å². The maximum absolute atomic E-state index is 12.1. The van der Waals surface area contributed by atoms with E-state index >= 15 is 0 Å². The molecule has 0 saturated heterocycles. The molecule has 8 nitrogen and oxygen atoms in total. The molecule has 1 amide bonds. The van der Waals surface area contributed by atoms with Crippen molar-refractivity contribution in [3.05, 3.63) is 58.5 Å². The quantitative estimate of drug-likeness (QED) is 0.693. The van der Waals surface area contributed by atoms with Crippen LogP contribution in [0.4, 0.5) is 0 Å². The number of amides is 1. The topological polar surface area (TPSA) is 106 Å². The monoisotopic (exact) mass is 367 g/mol. The number of nitrogens with zero attached hydrogens (tertiary/aromatic N) is 3. The van der Waals surface area contributed by atoms with Gasteiger partial charge in [-0.25, -0.2) is 4.98 Å². The van der Waals surface area contributed by atoms with Crippen LogP contribution in [0.3, 0.4) is 0 Å². The smallest absolute Gasteiger partial charge is 0.273 e. The Morgan fingerprint density at radius 2 is 2.11 bits per heavy atom. The normalized spacial score (nSPS) is 13.2. The SMILES string of the molecule is Cc1nc(CNC(=O)c2cc(COc3ccc4c(c3)CCCC4)on2)n[nH]1. The van der Waals surface area contributed by atoms with Gasteiger partial charge in [-0.05, 0) is 55.9 Å². The molecule has 1 aliphatic rings. The van der Waals surface area contributed by atoms with Gasteiger partial charge in [0.1, 0.15) is 18.2 Å². The summed E-state index contributed by atoms with van der Waals surface area (Å²) >= 11 is 0. The second-order valence-electron chi connectivity index (χ2n) is 6.62. The Morgan fingerprint density at radius 1 is 1.26 bits per heavy atom. The maximum Gasteiger partial charge on any atom is 0.273 e. The van der Waals surface area contributed by atoms with Crippen molar-refractivity contribution < 1.29 is 14.1 Å². The second-order valence-corrected chi connectivity index (χ2v) is 6.62. The molecule has 3 aromatic rings. The number of H-pyrrole nitrogens is 1. The number of hydrogen-bond donors (Lipinski definition) is 2. The third-order valence-corrected chi connectivity index (χ3v) is 4.54. The summed E-state index contributed by atoms with van der Waals surface area (Å²) in [5, 5.41) is 13.2. The first-order valence-corrected chi connectivity index (χ1v) is 9.03. The van der Waals surface area contributed by atoms with Crippen LogP contribution in [0.2, 0.25) is 0 Å². The maximum atomic E-state index is 12.1. The van der Waals surface area contributed by atoms with Gasteiger partial charge in [-0.15, -0.1) is 0 Å². The van der Waals surface area contributed by atoms with Gasteiger partial charge in [0, 0.05) is 6.07 Å². The molecule has 27 heavy (non-hydrogen) atoms. The Morgan fingerprint density at radius 3 is 2.93 bits per heavy atom. The number of fused-ring (bicyclic) bond motifs is 1. The van der Waals surface area contributed by atoms with E-state index in [9.17, 15) is 4.79 Å². The molecular weight excluding hydrogens is 346 g/mol. The van der Waals surface area contributed by atoms with Crippen LogP contribution in [-0.2, 0) is 26.0 Å². The van der Waals surface area contributed by atoms with Crippen molar-refractivity contribution in [1.29, 1.82) is 0 Å². The van der Waals surface area contributed by atoms with Gasteiger partial charge in [-0.3, -0.25) is 9.89 Å². The zero-order valence-electron chi connectivity index (χ0n) is 15.1. The summed E-state index contributed by atoms with van der Waals surface area (Å²) in [6, 6.07) is 7.79. The summed E-state index contributed by atoms with van der Waals surface area (Å²) in [5.74, 6) is 2.16. The average molecular weight is 367 g/mol. The van der Waals surface area contributed by atoms with Crippen LogP contribution in [0.15, 0.2) is 28.8 Å². The van der Waals surface area contributed by atoms with Crippen LogP contribution in [0.1, 0.15) is 51.9 Å². The molecule has 8 heteroatoms. The summed E-state index contributed by atoms with van der Waals surface area (Å²) < 4.78 is 11.0. The van der Waals surface area contributed by atoms with E-state index < -0.39 is 0 Å². The minimum absolute atomic E-state index is 0.200. The summed E-state index contributed by atoms with van der Waals surface area (Å²) in [5.41, 5.74) is 2.97. The van der Waals surface area contributed by atoms with Crippen LogP contribution in [0.5, 0.6) is 5.75 Å². The zero-order valence-corrected chi connectivity index (χ0v) is 15.1. The van der Waals surface area contributed by atoms with Crippen molar-refractivity contribution in [2.45, 2.75) is 45.8 Å². The molecule has 0 spiro atoms. The number of carbonyl (C=O) groups excluding carboxylic acids is 1. The lowest BCUT2D eigenvalue weighted by Crippen LogP contribution is -2.23. The van der Waals surface area contributed by atoms with Gasteiger partial charge < -0.3 is 14.6 Å². The number of carbonyl (C=O) groups is 1. The van der Waals surface area contributed by atoms with E-state index in [-0.39, 0.29) is 24.8 Å². The van der Waals surface area contributed by atoms with Crippen LogP contribution in [0, 0.1) is 6.92 Å². The van der Waals surface area contributed by atoms with E-state index in [1.165, 1.54) is 24.0 Å². The molecule has 2 heterocycles. The number of aryl methyl sites for hydroxylation is 3. The number of aromatic amines is 1. The average Bonchev–Trinajstić information content (AvgIpc) is 3.33. The third kappa shape index (κ3) is 4.16. The molecule has 0 atom stereocenters. The molecule has 0 bridgehead atoms. The first kappa shape index (κ1) is 17.3. The molecule has 2 N–H and O–H groups in total. The van der Waals surface area contributed by atoms with Gasteiger partial charge in [0.2, 0.25) is 0 Å². The highest BCUT2D eigenvalue weighted by atomic mass is 16.5. The summed E-state index contributed by atoms with van der Waals surface area (Å²) in [4.78, 5) is 16.3. The molecule has 0 fully saturated rings. The fourth-order valence-electron chi connectivity index (χ4n) is 3.16. The molecule has 0 saturated carbocycles. The van der Waals surface area contributed by atoms with E-state index in [0.29, 0.717) is 17.4 Å². The Labute approximate surface area is 156 Å². The highest BCUT2D eigenvalue weighted by Crippen LogP contribution is 2.25. The molecule has 0 radical (unpaired) electrons. The van der Waals surface area contributed by atoms with Gasteiger partial charge in [0.15, 0.2) is 17.3 Å². The largest absolute Gasteiger partial charge is 0.486 e. The van der Waals surface area contributed by atoms with E-state index in [2.05, 4.69) is 37.8 Å². The van der Waals surface area contributed by atoms with E-state index in [4.69, 9.17) is 9.26 Å². The van der Waals surface area contributed by atoms with Gasteiger partial charge in [0.05, 0.1) is 6.54 Å². The first-order chi connectivity index (χ1) is 13.2. The zero-order chi connectivity index (χ0) is 18.6. The lowest BCUT2D eigenvalue weighted by atomic mass is 9.92. The number of aromatic nitrogens is 4. The second kappa shape index (κ2) is 7.61. The van der Waals surface area contributed by atoms with Crippen molar-refractivity contribution >= 4 is 5.91 Å². The van der Waals surface area contributed by atoms with Crippen LogP contribution >= 0.6 is 0 Å². The number of benzene rings is 1. The summed E-state index contributed by atoms with van der Waals surface area (Å²) in [6.45, 7) is 2.24. The molecule has 1 aromatic carbocycles. The lowest BCUT2D eigenvalue weighted by Gasteiger charge is -2.16. The Bertz CT molecular complexity index is 946. The van der Waals surface area contributed by atoms with Gasteiger partial charge in [-0.1, -0.05) is 11.2 Å². The molecule has 4 rings (SSSR count). The minimum atomic E-state index is -0.346. The molecular formula is C19H21N5O3. The summed E-state index contributed by atoms with van der Waals surface area (Å²) in [7, 11) is 0. The lowest BCUT2D eigenvalue weighted by molar-refractivity contribution is 0.0940. The van der Waals surface area contributed by atoms with Crippen molar-refractivity contribution in [3.8, 4) is 5.75 Å². The van der Waals surface area contributed by atoms with Gasteiger partial charge in [-0.2, -0.15) is 5.10 Å². The molecule has 1 aliphatic carbocycles. The standard InChI is InChI=1S/C19H21N5O3/c1-12-21-18(23-22-12)10-20-19(25)17-9-16(27-24-17)11-26-15-7-6-13-4-2-3-5-14(13)8-15/h6-9H,2-5,10-11H2,1H3,(H,20,25)(H,21,22,23). The van der Waals surface area contributed by atoms with E-state index in [1.54, 1.807) is 13.0 Å². The van der Waals surface area contributed by atoms with Gasteiger partial charge >= 0.3 is 0 Å². The minimum Gasteiger partial charge on any atom is -0.486 e.